The third-order valence-corrected chi connectivity index (χ3v) is 6.77. The second-order valence-corrected chi connectivity index (χ2v) is 10.4. The molecule has 0 aliphatic carbocycles. The molecule has 3 rings (SSSR count). The molecule has 0 amide bonds. The molecule has 2 unspecified atom stereocenters. The van der Waals surface area contributed by atoms with Gasteiger partial charge in [0.05, 0.1) is 9.85 Å². The number of nitrogens with one attached hydrogen (secondary N) is 1. The number of benzene rings is 2. The number of carboxylic acids is 1. The average molecular weight is 494 g/mol. The van der Waals surface area contributed by atoms with Gasteiger partial charge in [-0.25, -0.2) is 0 Å². The lowest BCUT2D eigenvalue weighted by Crippen LogP contribution is -2.33. The lowest BCUT2D eigenvalue weighted by molar-refractivity contribution is -0.138. The van der Waals surface area contributed by atoms with Crippen LogP contribution >= 0.6 is 27.7 Å². The van der Waals surface area contributed by atoms with Gasteiger partial charge in [-0.1, -0.05) is 44.5 Å². The van der Waals surface area contributed by atoms with Crippen LogP contribution in [0.15, 0.2) is 40.9 Å². The molecule has 2 aromatic carbocycles. The summed E-state index contributed by atoms with van der Waals surface area (Å²) in [6, 6.07) is 11.6. The van der Waals surface area contributed by atoms with E-state index in [-0.39, 0.29) is 10.8 Å². The number of ether oxygens (including phenoxy) is 2. The minimum Gasteiger partial charge on any atom is -0.490 e. The van der Waals surface area contributed by atoms with Crippen LogP contribution in [0.4, 0.5) is 0 Å². The predicted molar refractivity (Wildman–Crippen MR) is 125 cm³/mol. The van der Waals surface area contributed by atoms with E-state index in [1.54, 1.807) is 11.8 Å². The van der Waals surface area contributed by atoms with Crippen LogP contribution in [0, 0.1) is 6.92 Å². The first kappa shape index (κ1) is 23.0. The van der Waals surface area contributed by atoms with Crippen molar-refractivity contribution in [1.29, 1.82) is 0 Å². The Labute approximate surface area is 190 Å². The van der Waals surface area contributed by atoms with Gasteiger partial charge in [0.1, 0.15) is 30.8 Å². The molecular weight excluding hydrogens is 466 g/mol. The Kier molecular flexibility index (Phi) is 7.37. The first-order valence-electron chi connectivity index (χ1n) is 9.92. The fraction of sp³-hybridized carbons (Fsp3) is 0.435. The van der Waals surface area contributed by atoms with Crippen molar-refractivity contribution in [3.63, 3.8) is 0 Å². The molecular formula is C23H28BrNO4S. The Morgan fingerprint density at radius 2 is 1.83 bits per heavy atom. The van der Waals surface area contributed by atoms with Gasteiger partial charge in [0.25, 0.3) is 0 Å². The SMILES string of the molecule is Cc1ccc(OCCOc2ccc(C3NC(C(=O)O)CS3)cc2Br)c(C(C)(C)C)c1. The molecule has 1 aliphatic heterocycles. The van der Waals surface area contributed by atoms with Crippen molar-refractivity contribution in [1.82, 2.24) is 5.32 Å². The van der Waals surface area contributed by atoms with Gasteiger partial charge in [-0.3, -0.25) is 10.1 Å². The molecule has 0 saturated carbocycles. The van der Waals surface area contributed by atoms with Crippen molar-refractivity contribution in [3.05, 3.63) is 57.6 Å². The van der Waals surface area contributed by atoms with Gasteiger partial charge in [-0.05, 0) is 57.6 Å². The largest absolute Gasteiger partial charge is 0.490 e. The van der Waals surface area contributed by atoms with E-state index in [9.17, 15) is 4.79 Å². The van der Waals surface area contributed by atoms with Crippen LogP contribution in [-0.4, -0.2) is 36.1 Å². The first-order valence-corrected chi connectivity index (χ1v) is 11.8. The van der Waals surface area contributed by atoms with Gasteiger partial charge >= 0.3 is 5.97 Å². The highest BCUT2D eigenvalue weighted by Gasteiger charge is 2.30. The summed E-state index contributed by atoms with van der Waals surface area (Å²) >= 11 is 5.16. The Bertz CT molecular complexity index is 913. The third-order valence-electron chi connectivity index (χ3n) is 4.88. The summed E-state index contributed by atoms with van der Waals surface area (Å²) in [5.41, 5.74) is 3.44. The van der Waals surface area contributed by atoms with Crippen molar-refractivity contribution in [2.75, 3.05) is 19.0 Å². The van der Waals surface area contributed by atoms with Gasteiger partial charge in [-0.2, -0.15) is 0 Å². The van der Waals surface area contributed by atoms with E-state index in [1.165, 1.54) is 11.1 Å². The van der Waals surface area contributed by atoms with E-state index in [2.05, 4.69) is 61.1 Å². The molecule has 1 aliphatic rings. The van der Waals surface area contributed by atoms with Crippen molar-refractivity contribution >= 4 is 33.7 Å². The van der Waals surface area contributed by atoms with E-state index in [4.69, 9.17) is 14.6 Å². The smallest absolute Gasteiger partial charge is 0.321 e. The van der Waals surface area contributed by atoms with Crippen LogP contribution in [0.5, 0.6) is 11.5 Å². The van der Waals surface area contributed by atoms with Crippen molar-refractivity contribution in [3.8, 4) is 11.5 Å². The van der Waals surface area contributed by atoms with Gasteiger partial charge in [0.2, 0.25) is 0 Å². The number of hydrogen-bond acceptors (Lipinski definition) is 5. The first-order chi connectivity index (χ1) is 14.1. The monoisotopic (exact) mass is 493 g/mol. The van der Waals surface area contributed by atoms with Crippen LogP contribution in [0.25, 0.3) is 0 Å². The molecule has 0 spiro atoms. The molecule has 0 aromatic heterocycles. The van der Waals surface area contributed by atoms with Gasteiger partial charge in [0.15, 0.2) is 0 Å². The molecule has 1 saturated heterocycles. The fourth-order valence-corrected chi connectivity index (χ4v) is 5.00. The van der Waals surface area contributed by atoms with E-state index in [1.807, 2.05) is 24.3 Å². The predicted octanol–water partition coefficient (Wildman–Crippen LogP) is 5.30. The van der Waals surface area contributed by atoms with Crippen LogP contribution in [0.1, 0.15) is 42.8 Å². The number of hydrogen-bond donors (Lipinski definition) is 2. The molecule has 0 bridgehead atoms. The zero-order chi connectivity index (χ0) is 21.9. The van der Waals surface area contributed by atoms with E-state index < -0.39 is 12.0 Å². The minimum atomic E-state index is -0.813. The maximum atomic E-state index is 11.1. The maximum Gasteiger partial charge on any atom is 0.321 e. The van der Waals surface area contributed by atoms with Crippen molar-refractivity contribution in [2.45, 2.75) is 44.5 Å². The van der Waals surface area contributed by atoms with Crippen LogP contribution in [-0.2, 0) is 10.2 Å². The molecule has 1 fully saturated rings. The van der Waals surface area contributed by atoms with Crippen LogP contribution in [0.3, 0.4) is 0 Å². The Balaban J connectivity index is 1.56. The molecule has 2 atom stereocenters. The number of halogens is 1. The molecule has 2 N–H and O–H groups in total. The topological polar surface area (TPSA) is 67.8 Å². The summed E-state index contributed by atoms with van der Waals surface area (Å²) in [6.45, 7) is 9.50. The van der Waals surface area contributed by atoms with Crippen molar-refractivity contribution < 1.29 is 19.4 Å². The number of carboxylic acid groups (broad SMARTS) is 1. The summed E-state index contributed by atoms with van der Waals surface area (Å²) in [4.78, 5) is 11.1. The Morgan fingerprint density at radius 1 is 1.17 bits per heavy atom. The number of rotatable bonds is 7. The van der Waals surface area contributed by atoms with E-state index in [0.29, 0.717) is 19.0 Å². The second-order valence-electron chi connectivity index (χ2n) is 8.41. The Hall–Kier alpha value is -1.70. The highest BCUT2D eigenvalue weighted by Crippen LogP contribution is 2.36. The molecule has 162 valence electrons. The summed E-state index contributed by atoms with van der Waals surface area (Å²) < 4.78 is 12.7. The second kappa shape index (κ2) is 9.62. The van der Waals surface area contributed by atoms with E-state index >= 15 is 0 Å². The molecule has 5 nitrogen and oxygen atoms in total. The van der Waals surface area contributed by atoms with Gasteiger partial charge in [-0.15, -0.1) is 11.8 Å². The highest BCUT2D eigenvalue weighted by atomic mass is 79.9. The summed E-state index contributed by atoms with van der Waals surface area (Å²) in [6.07, 6.45) is 0. The minimum absolute atomic E-state index is 0.00695. The lowest BCUT2D eigenvalue weighted by atomic mass is 9.85. The quantitative estimate of drug-likeness (QED) is 0.510. The average Bonchev–Trinajstić information content (AvgIpc) is 3.17. The molecule has 1 heterocycles. The van der Waals surface area contributed by atoms with Gasteiger partial charge < -0.3 is 14.6 Å². The summed E-state index contributed by atoms with van der Waals surface area (Å²) in [7, 11) is 0. The zero-order valence-electron chi connectivity index (χ0n) is 17.7. The molecule has 2 aromatic rings. The number of thioether (sulfide) groups is 1. The van der Waals surface area contributed by atoms with Crippen molar-refractivity contribution in [2.24, 2.45) is 0 Å². The number of carbonyl (C=O) groups is 1. The number of aliphatic carboxylic acids is 1. The highest BCUT2D eigenvalue weighted by molar-refractivity contribution is 9.10. The lowest BCUT2D eigenvalue weighted by Gasteiger charge is -2.23. The summed E-state index contributed by atoms with van der Waals surface area (Å²) in [5.74, 6) is 1.37. The molecule has 30 heavy (non-hydrogen) atoms. The van der Waals surface area contributed by atoms with Gasteiger partial charge in [0, 0.05) is 5.75 Å². The number of aryl methyl sites for hydroxylation is 1. The molecule has 7 heteroatoms. The van der Waals surface area contributed by atoms with Crippen LogP contribution in [0.2, 0.25) is 0 Å². The van der Waals surface area contributed by atoms with E-state index in [0.717, 1.165) is 21.5 Å². The normalized spacial score (nSPS) is 19.0. The fourth-order valence-electron chi connectivity index (χ4n) is 3.26. The summed E-state index contributed by atoms with van der Waals surface area (Å²) in [5, 5.41) is 12.2. The Morgan fingerprint density at radius 3 is 2.43 bits per heavy atom. The standard InChI is InChI=1S/C23H28BrNO4S/c1-14-5-7-19(16(11-14)23(2,3)4)28-9-10-29-20-8-6-15(12-17(20)24)21-25-18(13-30-21)22(26)27/h5-8,11-12,18,21,25H,9-10,13H2,1-4H3,(H,26,27). The van der Waals surface area contributed by atoms with Crippen LogP contribution < -0.4 is 14.8 Å². The maximum absolute atomic E-state index is 11.1. The zero-order valence-corrected chi connectivity index (χ0v) is 20.1. The molecule has 0 radical (unpaired) electrons. The third kappa shape index (κ3) is 5.71.